The van der Waals surface area contributed by atoms with E-state index >= 15 is 0 Å². The third kappa shape index (κ3) is 363. The van der Waals surface area contributed by atoms with Crippen LogP contribution in [0.2, 0.25) is 0 Å². The molecular weight excluding hydrogens is 297 g/mol. The average Bonchev–Trinajstić information content (AvgIpc) is 1.12. The summed E-state index contributed by atoms with van der Waals surface area (Å²) in [4.78, 5) is 0. The first-order valence-corrected chi connectivity index (χ1v) is 4.05. The van der Waals surface area contributed by atoms with Gasteiger partial charge in [0.1, 0.15) is 0 Å². The molecule has 0 unspecified atom stereocenters. The topological polar surface area (TPSA) is 158 Å². The van der Waals surface area contributed by atoms with Crippen molar-refractivity contribution in [2.45, 2.75) is 0 Å². The SMILES string of the molecule is O=S(=O)([O-])O.O=S(=O)([O-])[O-].[K+].[Zn+2]. The summed E-state index contributed by atoms with van der Waals surface area (Å²) in [5.74, 6) is 0. The molecule has 0 saturated heterocycles. The van der Waals surface area contributed by atoms with Gasteiger partial charge >= 0.3 is 70.9 Å². The molecule has 8 nitrogen and oxygen atoms in total. The molecular formula is HKO8S2Zn. The molecule has 12 heavy (non-hydrogen) atoms. The monoisotopic (exact) mass is 296 g/mol. The molecule has 0 radical (unpaired) electrons. The van der Waals surface area contributed by atoms with Crippen LogP contribution in [0.1, 0.15) is 0 Å². The fourth-order valence-electron chi connectivity index (χ4n) is 0. The van der Waals surface area contributed by atoms with Crippen LogP contribution in [0.25, 0.3) is 0 Å². The van der Waals surface area contributed by atoms with Gasteiger partial charge in [0.2, 0.25) is 10.4 Å². The van der Waals surface area contributed by atoms with Crippen molar-refractivity contribution in [1.29, 1.82) is 0 Å². The molecule has 0 aromatic carbocycles. The molecule has 0 spiro atoms. The number of hydrogen-bond acceptors (Lipinski definition) is 7. The van der Waals surface area contributed by atoms with E-state index < -0.39 is 20.8 Å². The molecule has 64 valence electrons. The first-order chi connectivity index (χ1) is 4.00. The zero-order valence-corrected chi connectivity index (χ0v) is 13.6. The first kappa shape index (κ1) is 23.7. The van der Waals surface area contributed by atoms with Gasteiger partial charge in [-0.05, 0) is 0 Å². The number of hydrogen-bond donors (Lipinski definition) is 1. The van der Waals surface area contributed by atoms with Crippen molar-refractivity contribution in [2.75, 3.05) is 0 Å². The van der Waals surface area contributed by atoms with Gasteiger partial charge < -0.3 is 13.7 Å². The van der Waals surface area contributed by atoms with Crippen LogP contribution in [0.15, 0.2) is 0 Å². The maximum absolute atomic E-state index is 8.63. The van der Waals surface area contributed by atoms with E-state index in [-0.39, 0.29) is 70.9 Å². The van der Waals surface area contributed by atoms with E-state index in [1.807, 2.05) is 0 Å². The van der Waals surface area contributed by atoms with Crippen molar-refractivity contribution in [2.24, 2.45) is 0 Å². The molecule has 0 heterocycles. The Kier molecular flexibility index (Phi) is 18.8. The maximum atomic E-state index is 8.63. The Balaban J connectivity index is -0.0000000457. The van der Waals surface area contributed by atoms with Crippen LogP contribution in [0.3, 0.4) is 0 Å². The van der Waals surface area contributed by atoms with Crippen LogP contribution in [0, 0.1) is 0 Å². The summed E-state index contributed by atoms with van der Waals surface area (Å²) in [7, 11) is -10.1. The second-order valence-corrected chi connectivity index (χ2v) is 2.51. The van der Waals surface area contributed by atoms with Crippen LogP contribution in [-0.2, 0) is 40.3 Å². The van der Waals surface area contributed by atoms with Crippen molar-refractivity contribution in [3.63, 3.8) is 0 Å². The fourth-order valence-corrected chi connectivity index (χ4v) is 0. The van der Waals surface area contributed by atoms with E-state index in [4.69, 9.17) is 35.0 Å². The normalized spacial score (nSPS) is 9.67. The van der Waals surface area contributed by atoms with E-state index in [2.05, 4.69) is 0 Å². The minimum Gasteiger partial charge on any atom is -0.759 e. The van der Waals surface area contributed by atoms with Crippen LogP contribution < -0.4 is 51.4 Å². The van der Waals surface area contributed by atoms with Crippen LogP contribution in [0.5, 0.6) is 0 Å². The van der Waals surface area contributed by atoms with E-state index in [1.54, 1.807) is 0 Å². The summed E-state index contributed by atoms with van der Waals surface area (Å²) < 4.78 is 66.9. The second-order valence-electron chi connectivity index (χ2n) is 0.836. The van der Waals surface area contributed by atoms with Gasteiger partial charge in [-0.2, -0.15) is 0 Å². The Morgan fingerprint density at radius 1 is 0.917 bits per heavy atom. The van der Waals surface area contributed by atoms with Gasteiger partial charge in [0.05, 0.1) is 0 Å². The zero-order valence-electron chi connectivity index (χ0n) is 5.83. The summed E-state index contributed by atoms with van der Waals surface area (Å²) in [6.07, 6.45) is 0. The molecule has 0 saturated carbocycles. The van der Waals surface area contributed by atoms with Crippen molar-refractivity contribution < 1.29 is 106 Å². The van der Waals surface area contributed by atoms with Crippen molar-refractivity contribution in [3.05, 3.63) is 0 Å². The molecule has 0 fully saturated rings. The van der Waals surface area contributed by atoms with Gasteiger partial charge in [0.25, 0.3) is 0 Å². The van der Waals surface area contributed by atoms with Gasteiger partial charge in [-0.15, -0.1) is 0 Å². The van der Waals surface area contributed by atoms with Crippen LogP contribution in [-0.4, -0.2) is 35.0 Å². The third-order valence-electron chi connectivity index (χ3n) is 0. The van der Waals surface area contributed by atoms with Crippen molar-refractivity contribution in [1.82, 2.24) is 0 Å². The van der Waals surface area contributed by atoms with Crippen LogP contribution in [0.4, 0.5) is 0 Å². The summed E-state index contributed by atoms with van der Waals surface area (Å²) in [5, 5.41) is 0. The van der Waals surface area contributed by atoms with E-state index in [0.29, 0.717) is 0 Å². The molecule has 12 heteroatoms. The predicted octanol–water partition coefficient (Wildman–Crippen LogP) is -5.33. The molecule has 0 aromatic rings. The molecule has 0 atom stereocenters. The minimum absolute atomic E-state index is 0. The predicted molar refractivity (Wildman–Crippen MR) is 22.8 cm³/mol. The van der Waals surface area contributed by atoms with E-state index in [1.165, 1.54) is 0 Å². The summed E-state index contributed by atoms with van der Waals surface area (Å²) >= 11 is 0. The first-order valence-electron chi connectivity index (χ1n) is 1.35. The van der Waals surface area contributed by atoms with Crippen LogP contribution >= 0.6 is 0 Å². The molecule has 0 rings (SSSR count). The largest absolute Gasteiger partial charge is 2.00 e. The second kappa shape index (κ2) is 9.55. The number of rotatable bonds is 0. The van der Waals surface area contributed by atoms with Gasteiger partial charge in [0.15, 0.2) is 0 Å². The smallest absolute Gasteiger partial charge is 0.759 e. The Morgan fingerprint density at radius 2 is 0.917 bits per heavy atom. The average molecular weight is 298 g/mol. The molecule has 1 N–H and O–H groups in total. The molecule has 0 amide bonds. The zero-order chi connectivity index (χ0) is 9.00. The minimum atomic E-state index is -5.17. The van der Waals surface area contributed by atoms with Gasteiger partial charge in [-0.3, -0.25) is 13.0 Å². The maximum Gasteiger partial charge on any atom is 2.00 e. The van der Waals surface area contributed by atoms with Crippen molar-refractivity contribution >= 4 is 20.8 Å². The Labute approximate surface area is 124 Å². The van der Waals surface area contributed by atoms with Gasteiger partial charge in [-0.25, -0.2) is 8.42 Å². The quantitative estimate of drug-likeness (QED) is 0.264. The van der Waals surface area contributed by atoms with E-state index in [9.17, 15) is 0 Å². The molecule has 0 aliphatic rings. The standard InChI is InChI=1S/K.2H2O4S.Zn/c;2*1-5(2,3)4;/h;2*(H2,1,2,3,4);/q+1;;;+2/p-3. The van der Waals surface area contributed by atoms with E-state index in [0.717, 1.165) is 0 Å². The Bertz CT molecular complexity index is 213. The summed E-state index contributed by atoms with van der Waals surface area (Å²) in [5.41, 5.74) is 0. The molecule has 0 aliphatic heterocycles. The summed E-state index contributed by atoms with van der Waals surface area (Å²) in [6.45, 7) is 0. The molecule has 0 aliphatic carbocycles. The third-order valence-corrected chi connectivity index (χ3v) is 0. The van der Waals surface area contributed by atoms with Gasteiger partial charge in [0, 0.05) is 10.4 Å². The Morgan fingerprint density at radius 3 is 0.917 bits per heavy atom. The van der Waals surface area contributed by atoms with Gasteiger partial charge in [-0.1, -0.05) is 0 Å². The molecule has 0 aromatic heterocycles. The summed E-state index contributed by atoms with van der Waals surface area (Å²) in [6, 6.07) is 0. The fraction of sp³-hybridized carbons (Fsp3) is 0. The Hall–Kier alpha value is 2.00. The van der Waals surface area contributed by atoms with Crippen molar-refractivity contribution in [3.8, 4) is 0 Å². The molecule has 0 bridgehead atoms.